The van der Waals surface area contributed by atoms with Gasteiger partial charge in [-0.15, -0.1) is 0 Å². The standard InChI is InChI=1S/C14H24N4O/c1-3-18(4-2)11-5-10-16-14(19)17-13-8-6-12(15)7-9-13/h6-9H,3-5,10-11,15H2,1-2H3,(H2,16,17,19). The minimum absolute atomic E-state index is 0.177. The van der Waals surface area contributed by atoms with Crippen LogP contribution in [0.5, 0.6) is 0 Å². The summed E-state index contributed by atoms with van der Waals surface area (Å²) < 4.78 is 0. The number of nitrogens with one attached hydrogen (secondary N) is 2. The van der Waals surface area contributed by atoms with Crippen LogP contribution in [0.15, 0.2) is 24.3 Å². The molecule has 1 aromatic rings. The fourth-order valence-corrected chi connectivity index (χ4v) is 1.79. The largest absolute Gasteiger partial charge is 0.399 e. The van der Waals surface area contributed by atoms with Gasteiger partial charge in [0.2, 0.25) is 0 Å². The lowest BCUT2D eigenvalue weighted by Crippen LogP contribution is -2.32. The number of amides is 2. The Morgan fingerprint density at radius 2 is 1.84 bits per heavy atom. The zero-order valence-corrected chi connectivity index (χ0v) is 11.8. The Morgan fingerprint density at radius 1 is 1.21 bits per heavy atom. The molecule has 0 heterocycles. The zero-order valence-electron chi connectivity index (χ0n) is 11.8. The van der Waals surface area contributed by atoms with E-state index in [0.29, 0.717) is 12.2 Å². The van der Waals surface area contributed by atoms with Gasteiger partial charge in [0, 0.05) is 17.9 Å². The molecule has 0 atom stereocenters. The highest BCUT2D eigenvalue weighted by molar-refractivity contribution is 5.89. The highest BCUT2D eigenvalue weighted by Gasteiger charge is 2.02. The quantitative estimate of drug-likeness (QED) is 0.522. The van der Waals surface area contributed by atoms with Crippen molar-refractivity contribution in [3.05, 3.63) is 24.3 Å². The van der Waals surface area contributed by atoms with E-state index in [1.54, 1.807) is 24.3 Å². The highest BCUT2D eigenvalue weighted by Crippen LogP contribution is 2.09. The minimum Gasteiger partial charge on any atom is -0.399 e. The topological polar surface area (TPSA) is 70.4 Å². The highest BCUT2D eigenvalue weighted by atomic mass is 16.2. The molecule has 5 heteroatoms. The fraction of sp³-hybridized carbons (Fsp3) is 0.500. The van der Waals surface area contributed by atoms with E-state index in [-0.39, 0.29) is 6.03 Å². The van der Waals surface area contributed by atoms with Gasteiger partial charge in [-0.3, -0.25) is 0 Å². The van der Waals surface area contributed by atoms with Crippen molar-refractivity contribution in [2.24, 2.45) is 0 Å². The van der Waals surface area contributed by atoms with Crippen molar-refractivity contribution in [2.45, 2.75) is 20.3 Å². The lowest BCUT2D eigenvalue weighted by Gasteiger charge is -2.17. The summed E-state index contributed by atoms with van der Waals surface area (Å²) in [5.74, 6) is 0. The van der Waals surface area contributed by atoms with Gasteiger partial charge in [0.05, 0.1) is 0 Å². The fourth-order valence-electron chi connectivity index (χ4n) is 1.79. The van der Waals surface area contributed by atoms with Crippen molar-refractivity contribution < 1.29 is 4.79 Å². The minimum atomic E-state index is -0.177. The summed E-state index contributed by atoms with van der Waals surface area (Å²) in [7, 11) is 0. The summed E-state index contributed by atoms with van der Waals surface area (Å²) in [4.78, 5) is 13.9. The van der Waals surface area contributed by atoms with Crippen molar-refractivity contribution in [1.29, 1.82) is 0 Å². The van der Waals surface area contributed by atoms with E-state index in [4.69, 9.17) is 5.73 Å². The van der Waals surface area contributed by atoms with E-state index >= 15 is 0 Å². The number of hydrogen-bond acceptors (Lipinski definition) is 3. The first-order valence-electron chi connectivity index (χ1n) is 6.78. The van der Waals surface area contributed by atoms with E-state index < -0.39 is 0 Å². The maximum absolute atomic E-state index is 11.6. The number of anilines is 2. The van der Waals surface area contributed by atoms with Crippen molar-refractivity contribution in [3.8, 4) is 0 Å². The van der Waals surface area contributed by atoms with Crippen molar-refractivity contribution in [2.75, 3.05) is 37.2 Å². The number of nitrogens with zero attached hydrogens (tertiary/aromatic N) is 1. The first kappa shape index (κ1) is 15.3. The third-order valence-corrected chi connectivity index (χ3v) is 3.00. The molecule has 19 heavy (non-hydrogen) atoms. The van der Waals surface area contributed by atoms with Crippen molar-refractivity contribution >= 4 is 17.4 Å². The van der Waals surface area contributed by atoms with Crippen LogP contribution in [0.2, 0.25) is 0 Å². The average molecular weight is 264 g/mol. The van der Waals surface area contributed by atoms with Crippen LogP contribution in [-0.4, -0.2) is 37.1 Å². The third-order valence-electron chi connectivity index (χ3n) is 3.00. The SMILES string of the molecule is CCN(CC)CCCNC(=O)Nc1ccc(N)cc1. The summed E-state index contributed by atoms with van der Waals surface area (Å²) in [6, 6.07) is 6.91. The number of urea groups is 1. The maximum Gasteiger partial charge on any atom is 0.319 e. The maximum atomic E-state index is 11.6. The van der Waals surface area contributed by atoms with E-state index in [0.717, 1.165) is 31.7 Å². The average Bonchev–Trinajstić information content (AvgIpc) is 2.42. The number of hydrogen-bond donors (Lipinski definition) is 3. The normalized spacial score (nSPS) is 10.5. The zero-order chi connectivity index (χ0) is 14.1. The predicted molar refractivity (Wildman–Crippen MR) is 80.3 cm³/mol. The van der Waals surface area contributed by atoms with Crippen molar-refractivity contribution in [1.82, 2.24) is 10.2 Å². The Kier molecular flexibility index (Phi) is 6.74. The van der Waals surface area contributed by atoms with E-state index in [1.165, 1.54) is 0 Å². The summed E-state index contributed by atoms with van der Waals surface area (Å²) in [6.07, 6.45) is 0.955. The number of rotatable bonds is 7. The molecule has 0 fully saturated rings. The molecule has 0 bridgehead atoms. The Hall–Kier alpha value is -1.75. The molecule has 5 nitrogen and oxygen atoms in total. The van der Waals surface area contributed by atoms with E-state index in [9.17, 15) is 4.79 Å². The molecule has 1 aromatic carbocycles. The summed E-state index contributed by atoms with van der Waals surface area (Å²) in [6.45, 7) is 8.07. The van der Waals surface area contributed by atoms with Gasteiger partial charge in [-0.1, -0.05) is 13.8 Å². The number of benzene rings is 1. The van der Waals surface area contributed by atoms with Gasteiger partial charge in [0.15, 0.2) is 0 Å². The summed E-state index contributed by atoms with van der Waals surface area (Å²) in [5.41, 5.74) is 7.01. The molecule has 0 unspecified atom stereocenters. The van der Waals surface area contributed by atoms with Crippen LogP contribution in [0.1, 0.15) is 20.3 Å². The lowest BCUT2D eigenvalue weighted by molar-refractivity contribution is 0.250. The van der Waals surface area contributed by atoms with Crippen LogP contribution in [-0.2, 0) is 0 Å². The van der Waals surface area contributed by atoms with Gasteiger partial charge in [-0.05, 0) is 50.3 Å². The molecule has 2 amide bonds. The van der Waals surface area contributed by atoms with Crippen LogP contribution in [0.3, 0.4) is 0 Å². The number of carbonyl (C=O) groups is 1. The van der Waals surface area contributed by atoms with Crippen LogP contribution in [0.25, 0.3) is 0 Å². The van der Waals surface area contributed by atoms with Gasteiger partial charge in [-0.2, -0.15) is 0 Å². The van der Waals surface area contributed by atoms with E-state index in [2.05, 4.69) is 29.4 Å². The molecule has 1 rings (SSSR count). The van der Waals surface area contributed by atoms with Crippen LogP contribution in [0.4, 0.5) is 16.2 Å². The van der Waals surface area contributed by atoms with Crippen LogP contribution >= 0.6 is 0 Å². The van der Waals surface area contributed by atoms with E-state index in [1.807, 2.05) is 0 Å². The molecular weight excluding hydrogens is 240 g/mol. The summed E-state index contributed by atoms with van der Waals surface area (Å²) in [5, 5.41) is 5.61. The van der Waals surface area contributed by atoms with Crippen LogP contribution < -0.4 is 16.4 Å². The molecule has 4 N–H and O–H groups in total. The number of nitrogen functional groups attached to an aromatic ring is 1. The van der Waals surface area contributed by atoms with Crippen molar-refractivity contribution in [3.63, 3.8) is 0 Å². The van der Waals surface area contributed by atoms with Gasteiger partial charge in [0.25, 0.3) is 0 Å². The molecule has 0 saturated carbocycles. The monoisotopic (exact) mass is 264 g/mol. The summed E-state index contributed by atoms with van der Waals surface area (Å²) >= 11 is 0. The van der Waals surface area contributed by atoms with Gasteiger partial charge >= 0.3 is 6.03 Å². The third kappa shape index (κ3) is 6.10. The Morgan fingerprint density at radius 3 is 2.42 bits per heavy atom. The molecule has 0 saturated heterocycles. The smallest absolute Gasteiger partial charge is 0.319 e. The van der Waals surface area contributed by atoms with Gasteiger partial charge < -0.3 is 21.3 Å². The molecule has 0 aliphatic carbocycles. The number of carbonyl (C=O) groups excluding carboxylic acids is 1. The predicted octanol–water partition coefficient (Wildman–Crippen LogP) is 2.12. The Bertz CT molecular complexity index is 374. The molecule has 0 radical (unpaired) electrons. The van der Waals surface area contributed by atoms with Crippen LogP contribution in [0, 0.1) is 0 Å². The Labute approximate surface area is 115 Å². The lowest BCUT2D eigenvalue weighted by atomic mass is 10.3. The molecule has 0 aromatic heterocycles. The first-order valence-corrected chi connectivity index (χ1v) is 6.78. The second-order valence-electron chi connectivity index (χ2n) is 4.38. The van der Waals surface area contributed by atoms with Gasteiger partial charge in [0.1, 0.15) is 0 Å². The Balaban J connectivity index is 2.19. The second kappa shape index (κ2) is 8.37. The molecule has 0 aliphatic heterocycles. The van der Waals surface area contributed by atoms with Gasteiger partial charge in [-0.25, -0.2) is 4.79 Å². The molecular formula is C14H24N4O. The molecule has 106 valence electrons. The first-order chi connectivity index (χ1) is 9.15. The second-order valence-corrected chi connectivity index (χ2v) is 4.38. The molecule has 0 spiro atoms. The molecule has 0 aliphatic rings. The number of nitrogens with two attached hydrogens (primary N) is 1.